The molecule has 1 aromatic carbocycles. The average Bonchev–Trinajstić information content (AvgIpc) is 2.99. The zero-order chi connectivity index (χ0) is 16.1. The summed E-state index contributed by atoms with van der Waals surface area (Å²) < 4.78 is 5.01. The molecule has 0 N–H and O–H groups in total. The second-order valence-corrected chi connectivity index (χ2v) is 5.95. The third-order valence-electron chi connectivity index (χ3n) is 3.44. The number of thiophene rings is 1. The van der Waals surface area contributed by atoms with E-state index in [-0.39, 0.29) is 12.4 Å². The third kappa shape index (κ3) is 4.15. The van der Waals surface area contributed by atoms with Gasteiger partial charge in [0.25, 0.3) is 0 Å². The van der Waals surface area contributed by atoms with Crippen LogP contribution in [0.4, 0.5) is 0 Å². The molecule has 22 heavy (non-hydrogen) atoms. The highest BCUT2D eigenvalue weighted by Crippen LogP contribution is 2.16. The lowest BCUT2D eigenvalue weighted by molar-refractivity contribution is -0.136. The van der Waals surface area contributed by atoms with Crippen LogP contribution < -0.4 is 0 Å². The van der Waals surface area contributed by atoms with Gasteiger partial charge in [0.05, 0.1) is 0 Å². The van der Waals surface area contributed by atoms with Crippen LogP contribution in [0.2, 0.25) is 0 Å². The maximum absolute atomic E-state index is 12.2. The molecular weight excluding hydrogens is 296 g/mol. The maximum Gasteiger partial charge on any atom is 0.331 e. The minimum absolute atomic E-state index is 0.183. The number of carbonyl (C=O) groups is 2. The molecule has 0 spiro atoms. The van der Waals surface area contributed by atoms with Crippen LogP contribution >= 0.6 is 11.3 Å². The van der Waals surface area contributed by atoms with Crippen molar-refractivity contribution >= 4 is 29.2 Å². The van der Waals surface area contributed by atoms with Crippen LogP contribution in [-0.4, -0.2) is 18.4 Å². The van der Waals surface area contributed by atoms with E-state index in [1.165, 1.54) is 6.08 Å². The molecule has 0 bridgehead atoms. The topological polar surface area (TPSA) is 43.4 Å². The summed E-state index contributed by atoms with van der Waals surface area (Å²) in [6.45, 7) is 5.61. The average molecular weight is 314 g/mol. The molecule has 2 aromatic rings. The zero-order valence-electron chi connectivity index (χ0n) is 12.9. The first-order valence-electron chi connectivity index (χ1n) is 6.95. The van der Waals surface area contributed by atoms with Crippen molar-refractivity contribution in [3.63, 3.8) is 0 Å². The minimum Gasteiger partial charge on any atom is -0.454 e. The first kappa shape index (κ1) is 16.2. The van der Waals surface area contributed by atoms with Crippen molar-refractivity contribution in [3.8, 4) is 0 Å². The summed E-state index contributed by atoms with van der Waals surface area (Å²) in [4.78, 5) is 23.8. The first-order valence-corrected chi connectivity index (χ1v) is 7.89. The summed E-state index contributed by atoms with van der Waals surface area (Å²) in [5, 5.41) is 3.85. The highest BCUT2D eigenvalue weighted by Gasteiger charge is 2.12. The number of aryl methyl sites for hydroxylation is 3. The fourth-order valence-corrected chi connectivity index (χ4v) is 2.69. The Labute approximate surface area is 134 Å². The lowest BCUT2D eigenvalue weighted by Crippen LogP contribution is -2.14. The Morgan fingerprint density at radius 2 is 1.86 bits per heavy atom. The van der Waals surface area contributed by atoms with Crippen molar-refractivity contribution in [1.29, 1.82) is 0 Å². The van der Waals surface area contributed by atoms with Crippen LogP contribution in [0.1, 0.15) is 32.6 Å². The molecule has 0 unspecified atom stereocenters. The van der Waals surface area contributed by atoms with Gasteiger partial charge in [0.15, 0.2) is 6.61 Å². The number of hydrogen-bond acceptors (Lipinski definition) is 4. The van der Waals surface area contributed by atoms with Crippen LogP contribution in [-0.2, 0) is 9.53 Å². The molecule has 0 fully saturated rings. The van der Waals surface area contributed by atoms with Crippen LogP contribution in [0.5, 0.6) is 0 Å². The van der Waals surface area contributed by atoms with Gasteiger partial charge < -0.3 is 4.74 Å². The Morgan fingerprint density at radius 3 is 2.55 bits per heavy atom. The molecule has 1 aromatic heterocycles. The van der Waals surface area contributed by atoms with Gasteiger partial charge in [-0.1, -0.05) is 6.07 Å². The van der Waals surface area contributed by atoms with Crippen molar-refractivity contribution in [2.45, 2.75) is 20.8 Å². The SMILES string of the molecule is Cc1cc(C)c(C(=O)COC(=O)/C=C/c2ccsc2)cc1C. The lowest BCUT2D eigenvalue weighted by Gasteiger charge is -2.09. The molecule has 0 aliphatic heterocycles. The summed E-state index contributed by atoms with van der Waals surface area (Å²) in [6, 6.07) is 5.72. The molecule has 3 nitrogen and oxygen atoms in total. The van der Waals surface area contributed by atoms with Crippen molar-refractivity contribution in [3.05, 3.63) is 62.9 Å². The summed E-state index contributed by atoms with van der Waals surface area (Å²) >= 11 is 1.55. The van der Waals surface area contributed by atoms with E-state index < -0.39 is 5.97 Å². The predicted molar refractivity (Wildman–Crippen MR) is 89.3 cm³/mol. The fourth-order valence-electron chi connectivity index (χ4n) is 2.06. The molecule has 0 saturated heterocycles. The van der Waals surface area contributed by atoms with E-state index in [0.29, 0.717) is 5.56 Å². The van der Waals surface area contributed by atoms with Crippen LogP contribution in [0.3, 0.4) is 0 Å². The van der Waals surface area contributed by atoms with Gasteiger partial charge >= 0.3 is 5.97 Å². The van der Waals surface area contributed by atoms with Gasteiger partial charge in [-0.05, 0) is 72.0 Å². The number of hydrogen-bond donors (Lipinski definition) is 0. The molecule has 1 heterocycles. The van der Waals surface area contributed by atoms with Gasteiger partial charge in [-0.3, -0.25) is 4.79 Å². The van der Waals surface area contributed by atoms with Crippen LogP contribution in [0.25, 0.3) is 6.08 Å². The van der Waals surface area contributed by atoms with Gasteiger partial charge in [0.1, 0.15) is 0 Å². The Morgan fingerprint density at radius 1 is 1.14 bits per heavy atom. The number of ether oxygens (including phenoxy) is 1. The Hall–Kier alpha value is -2.20. The molecule has 0 radical (unpaired) electrons. The van der Waals surface area contributed by atoms with Gasteiger partial charge in [0, 0.05) is 11.6 Å². The summed E-state index contributed by atoms with van der Waals surface area (Å²) in [5.41, 5.74) is 4.65. The Kier molecular flexibility index (Phi) is 5.28. The number of Topliss-reactive ketones (excluding diaryl/α,β-unsaturated/α-hetero) is 1. The van der Waals surface area contributed by atoms with E-state index in [1.54, 1.807) is 17.4 Å². The van der Waals surface area contributed by atoms with Gasteiger partial charge in [-0.2, -0.15) is 11.3 Å². The molecule has 0 atom stereocenters. The number of benzene rings is 1. The molecule has 4 heteroatoms. The van der Waals surface area contributed by atoms with Gasteiger partial charge in [0.2, 0.25) is 5.78 Å². The molecule has 0 aliphatic rings. The quantitative estimate of drug-likeness (QED) is 0.474. The van der Waals surface area contributed by atoms with E-state index in [4.69, 9.17) is 4.74 Å². The normalized spacial score (nSPS) is 10.9. The molecule has 0 aliphatic carbocycles. The molecular formula is C18H18O3S. The summed E-state index contributed by atoms with van der Waals surface area (Å²) in [5.74, 6) is -0.695. The predicted octanol–water partition coefficient (Wildman–Crippen LogP) is 4.11. The number of carbonyl (C=O) groups excluding carboxylic acids is 2. The largest absolute Gasteiger partial charge is 0.454 e. The standard InChI is InChI=1S/C18H18O3S/c1-12-8-14(3)16(9-13(12)2)17(19)10-21-18(20)5-4-15-6-7-22-11-15/h4-9,11H,10H2,1-3H3/b5-4+. The highest BCUT2D eigenvalue weighted by atomic mass is 32.1. The Balaban J connectivity index is 1.95. The molecule has 114 valence electrons. The van der Waals surface area contributed by atoms with E-state index in [2.05, 4.69) is 0 Å². The molecule has 0 amide bonds. The maximum atomic E-state index is 12.2. The highest BCUT2D eigenvalue weighted by molar-refractivity contribution is 7.08. The second-order valence-electron chi connectivity index (χ2n) is 5.17. The van der Waals surface area contributed by atoms with Gasteiger partial charge in [-0.15, -0.1) is 0 Å². The number of ketones is 1. The number of rotatable bonds is 5. The second kappa shape index (κ2) is 7.18. The Bertz CT molecular complexity index is 712. The summed E-state index contributed by atoms with van der Waals surface area (Å²) in [6.07, 6.45) is 3.01. The van der Waals surface area contributed by atoms with E-state index in [9.17, 15) is 9.59 Å². The smallest absolute Gasteiger partial charge is 0.331 e. The molecule has 2 rings (SSSR count). The van der Waals surface area contributed by atoms with Gasteiger partial charge in [-0.25, -0.2) is 4.79 Å². The van der Waals surface area contributed by atoms with Crippen LogP contribution in [0, 0.1) is 20.8 Å². The van der Waals surface area contributed by atoms with Crippen LogP contribution in [0.15, 0.2) is 35.0 Å². The van der Waals surface area contributed by atoms with Crippen molar-refractivity contribution in [2.24, 2.45) is 0 Å². The van der Waals surface area contributed by atoms with E-state index in [0.717, 1.165) is 22.3 Å². The fraction of sp³-hybridized carbons (Fsp3) is 0.222. The van der Waals surface area contributed by atoms with E-state index in [1.807, 2.05) is 49.7 Å². The minimum atomic E-state index is -0.513. The third-order valence-corrected chi connectivity index (χ3v) is 4.14. The number of esters is 1. The van der Waals surface area contributed by atoms with Crippen molar-refractivity contribution < 1.29 is 14.3 Å². The molecule has 0 saturated carbocycles. The van der Waals surface area contributed by atoms with Crippen molar-refractivity contribution in [1.82, 2.24) is 0 Å². The summed E-state index contributed by atoms with van der Waals surface area (Å²) in [7, 11) is 0. The monoisotopic (exact) mass is 314 g/mol. The van der Waals surface area contributed by atoms with E-state index >= 15 is 0 Å². The zero-order valence-corrected chi connectivity index (χ0v) is 13.7. The first-order chi connectivity index (χ1) is 10.5. The lowest BCUT2D eigenvalue weighted by atomic mass is 9.98. The van der Waals surface area contributed by atoms with Crippen molar-refractivity contribution in [2.75, 3.05) is 6.61 Å².